The first kappa shape index (κ1) is 17.8. The van der Waals surface area contributed by atoms with Gasteiger partial charge in [-0.3, -0.25) is 4.68 Å². The summed E-state index contributed by atoms with van der Waals surface area (Å²) in [6.45, 7) is 0.670. The SMILES string of the molecule is CO[C@@]12CC[C@@H](OCCO)C[C@@H]1N(S(=O)(=O)c1cnn(C)c1)CC2. The van der Waals surface area contributed by atoms with E-state index in [9.17, 15) is 8.42 Å². The van der Waals surface area contributed by atoms with Crippen molar-refractivity contribution in [1.82, 2.24) is 14.1 Å². The number of aryl methyl sites for hydroxylation is 1. The Kier molecular flexibility index (Phi) is 4.99. The summed E-state index contributed by atoms with van der Waals surface area (Å²) < 4.78 is 40.5. The zero-order valence-electron chi connectivity index (χ0n) is 14.1. The summed E-state index contributed by atoms with van der Waals surface area (Å²) in [6, 6.07) is -0.259. The van der Waals surface area contributed by atoms with Crippen LogP contribution >= 0.6 is 0 Å². The maximum Gasteiger partial charge on any atom is 0.246 e. The smallest absolute Gasteiger partial charge is 0.246 e. The third-order valence-electron chi connectivity index (χ3n) is 5.23. The molecule has 0 bridgehead atoms. The van der Waals surface area contributed by atoms with Crippen LogP contribution in [-0.4, -0.2) is 72.2 Å². The summed E-state index contributed by atoms with van der Waals surface area (Å²) in [5.41, 5.74) is -0.450. The van der Waals surface area contributed by atoms with Crippen LogP contribution in [0.1, 0.15) is 25.7 Å². The normalized spacial score (nSPS) is 31.3. The Hall–Kier alpha value is -1.00. The molecule has 3 rings (SSSR count). The number of aliphatic hydroxyl groups excluding tert-OH is 1. The Balaban J connectivity index is 1.86. The standard InChI is InChI=1S/C15H25N3O5S/c1-17-11-13(10-16-17)24(20,21)18-6-5-15(22-2)4-3-12(9-14(15)18)23-8-7-19/h10-12,14,19H,3-9H2,1-2H3/t12-,14+,15-/m1/s1. The lowest BCUT2D eigenvalue weighted by atomic mass is 9.79. The minimum atomic E-state index is -3.62. The van der Waals surface area contributed by atoms with Crippen LogP contribution in [0.4, 0.5) is 0 Å². The number of methoxy groups -OCH3 is 1. The van der Waals surface area contributed by atoms with E-state index in [1.54, 1.807) is 18.5 Å². The summed E-state index contributed by atoms with van der Waals surface area (Å²) in [4.78, 5) is 0.204. The predicted octanol–water partition coefficient (Wildman–Crippen LogP) is 0.130. The molecule has 24 heavy (non-hydrogen) atoms. The van der Waals surface area contributed by atoms with E-state index < -0.39 is 15.6 Å². The van der Waals surface area contributed by atoms with Gasteiger partial charge >= 0.3 is 0 Å². The van der Waals surface area contributed by atoms with Gasteiger partial charge in [0.1, 0.15) is 4.90 Å². The summed E-state index contributed by atoms with van der Waals surface area (Å²) in [7, 11) is -0.264. The number of sulfonamides is 1. The molecule has 136 valence electrons. The van der Waals surface area contributed by atoms with Gasteiger partial charge in [-0.25, -0.2) is 8.42 Å². The highest BCUT2D eigenvalue weighted by molar-refractivity contribution is 7.89. The van der Waals surface area contributed by atoms with Crippen LogP contribution in [0.2, 0.25) is 0 Å². The fourth-order valence-electron chi connectivity index (χ4n) is 3.95. The Morgan fingerprint density at radius 1 is 1.46 bits per heavy atom. The molecule has 1 saturated carbocycles. The maximum absolute atomic E-state index is 13.0. The predicted molar refractivity (Wildman–Crippen MR) is 85.9 cm³/mol. The van der Waals surface area contributed by atoms with Crippen molar-refractivity contribution >= 4 is 10.0 Å². The van der Waals surface area contributed by atoms with Gasteiger partial charge in [0.25, 0.3) is 0 Å². The molecule has 9 heteroatoms. The summed E-state index contributed by atoms with van der Waals surface area (Å²) in [6.07, 6.45) is 5.66. The van der Waals surface area contributed by atoms with E-state index in [1.165, 1.54) is 17.1 Å². The average Bonchev–Trinajstić information content (AvgIpc) is 3.17. The molecule has 1 aromatic rings. The zero-order chi connectivity index (χ0) is 17.4. The van der Waals surface area contributed by atoms with Crippen molar-refractivity contribution in [2.75, 3.05) is 26.9 Å². The van der Waals surface area contributed by atoms with Crippen LogP contribution in [0, 0.1) is 0 Å². The second kappa shape index (κ2) is 6.72. The Morgan fingerprint density at radius 2 is 2.25 bits per heavy atom. The molecule has 2 aliphatic rings. The van der Waals surface area contributed by atoms with Crippen molar-refractivity contribution in [2.24, 2.45) is 7.05 Å². The van der Waals surface area contributed by atoms with Gasteiger partial charge in [0.2, 0.25) is 10.0 Å². The highest BCUT2D eigenvalue weighted by Gasteiger charge is 2.55. The van der Waals surface area contributed by atoms with Gasteiger partial charge in [0, 0.05) is 26.9 Å². The van der Waals surface area contributed by atoms with Gasteiger partial charge in [-0.15, -0.1) is 0 Å². The van der Waals surface area contributed by atoms with Crippen molar-refractivity contribution in [1.29, 1.82) is 0 Å². The number of fused-ring (bicyclic) bond motifs is 1. The molecule has 1 aromatic heterocycles. The summed E-state index contributed by atoms with van der Waals surface area (Å²) in [5.74, 6) is 0. The van der Waals surface area contributed by atoms with Crippen molar-refractivity contribution in [3.63, 3.8) is 0 Å². The molecule has 2 heterocycles. The molecule has 0 unspecified atom stereocenters. The third-order valence-corrected chi connectivity index (χ3v) is 7.09. The number of aliphatic hydroxyl groups is 1. The van der Waals surface area contributed by atoms with Crippen LogP contribution in [-0.2, 0) is 26.5 Å². The minimum Gasteiger partial charge on any atom is -0.394 e. The first-order valence-corrected chi connectivity index (χ1v) is 9.65. The number of nitrogens with zero attached hydrogens (tertiary/aromatic N) is 3. The lowest BCUT2D eigenvalue weighted by Gasteiger charge is -2.43. The topological polar surface area (TPSA) is 93.9 Å². The van der Waals surface area contributed by atoms with Crippen LogP contribution < -0.4 is 0 Å². The summed E-state index contributed by atoms with van der Waals surface area (Å²) >= 11 is 0. The number of hydrogen-bond donors (Lipinski definition) is 1. The van der Waals surface area contributed by atoms with Crippen LogP contribution in [0.3, 0.4) is 0 Å². The van der Waals surface area contributed by atoms with E-state index in [4.69, 9.17) is 14.6 Å². The molecule has 2 fully saturated rings. The van der Waals surface area contributed by atoms with Crippen molar-refractivity contribution in [2.45, 2.75) is 48.3 Å². The second-order valence-corrected chi connectivity index (χ2v) is 8.38. The van der Waals surface area contributed by atoms with E-state index >= 15 is 0 Å². The fourth-order valence-corrected chi connectivity index (χ4v) is 5.63. The largest absolute Gasteiger partial charge is 0.394 e. The Bertz CT molecular complexity index is 676. The fraction of sp³-hybridized carbons (Fsp3) is 0.800. The van der Waals surface area contributed by atoms with Crippen LogP contribution in [0.25, 0.3) is 0 Å². The maximum atomic E-state index is 13.0. The number of rotatable bonds is 6. The first-order chi connectivity index (χ1) is 11.4. The molecule has 0 aromatic carbocycles. The highest BCUT2D eigenvalue weighted by Crippen LogP contribution is 2.45. The van der Waals surface area contributed by atoms with Gasteiger partial charge in [-0.1, -0.05) is 0 Å². The molecule has 1 N–H and O–H groups in total. The molecular weight excluding hydrogens is 334 g/mol. The van der Waals surface area contributed by atoms with E-state index in [1.807, 2.05) is 0 Å². The minimum absolute atomic E-state index is 0.0334. The third kappa shape index (κ3) is 2.99. The number of ether oxygens (including phenoxy) is 2. The summed E-state index contributed by atoms with van der Waals surface area (Å²) in [5, 5.41) is 12.9. The van der Waals surface area contributed by atoms with Crippen molar-refractivity contribution < 1.29 is 23.0 Å². The lowest BCUT2D eigenvalue weighted by Crippen LogP contribution is -2.53. The second-order valence-electron chi connectivity index (χ2n) is 6.49. The Labute approximate surface area is 142 Å². The monoisotopic (exact) mass is 359 g/mol. The van der Waals surface area contributed by atoms with Crippen molar-refractivity contribution in [3.8, 4) is 0 Å². The van der Waals surface area contributed by atoms with Crippen LogP contribution in [0.5, 0.6) is 0 Å². The van der Waals surface area contributed by atoms with E-state index in [0.29, 0.717) is 19.4 Å². The van der Waals surface area contributed by atoms with Gasteiger partial charge < -0.3 is 14.6 Å². The molecule has 0 spiro atoms. The van der Waals surface area contributed by atoms with Crippen molar-refractivity contribution in [3.05, 3.63) is 12.4 Å². The highest BCUT2D eigenvalue weighted by atomic mass is 32.2. The van der Waals surface area contributed by atoms with E-state index in [-0.39, 0.29) is 30.3 Å². The lowest BCUT2D eigenvalue weighted by molar-refractivity contribution is -0.0951. The molecular formula is C15H25N3O5S. The molecule has 0 radical (unpaired) electrons. The van der Waals surface area contributed by atoms with Gasteiger partial charge in [-0.2, -0.15) is 9.40 Å². The molecule has 3 atom stereocenters. The van der Waals surface area contributed by atoms with E-state index in [0.717, 1.165) is 12.8 Å². The van der Waals surface area contributed by atoms with Gasteiger partial charge in [-0.05, 0) is 25.7 Å². The average molecular weight is 359 g/mol. The first-order valence-electron chi connectivity index (χ1n) is 8.21. The number of hydrogen-bond acceptors (Lipinski definition) is 6. The molecule has 8 nitrogen and oxygen atoms in total. The molecule has 1 saturated heterocycles. The van der Waals surface area contributed by atoms with Gasteiger partial charge in [0.05, 0.1) is 37.2 Å². The quantitative estimate of drug-likeness (QED) is 0.776. The Morgan fingerprint density at radius 3 is 2.88 bits per heavy atom. The van der Waals surface area contributed by atoms with Crippen LogP contribution in [0.15, 0.2) is 17.3 Å². The zero-order valence-corrected chi connectivity index (χ0v) is 14.9. The molecule has 1 aliphatic carbocycles. The van der Waals surface area contributed by atoms with E-state index in [2.05, 4.69) is 5.10 Å². The molecule has 1 aliphatic heterocycles. The number of aromatic nitrogens is 2. The van der Waals surface area contributed by atoms with Gasteiger partial charge in [0.15, 0.2) is 0 Å². The molecule has 0 amide bonds.